The number of hydrogen-bond acceptors (Lipinski definition) is 3. The van der Waals surface area contributed by atoms with Crippen LogP contribution in [0.25, 0.3) is 0 Å². The first-order valence-electron chi connectivity index (χ1n) is 6.86. The van der Waals surface area contributed by atoms with Gasteiger partial charge in [0.2, 0.25) is 0 Å². The summed E-state index contributed by atoms with van der Waals surface area (Å²) in [6, 6.07) is 10.8. The summed E-state index contributed by atoms with van der Waals surface area (Å²) in [5.74, 6) is 1.03. The zero-order chi connectivity index (χ0) is 14.1. The molecule has 104 valence electrons. The Labute approximate surface area is 127 Å². The quantitative estimate of drug-likeness (QED) is 0.864. The van der Waals surface area contributed by atoms with Crippen molar-refractivity contribution in [3.05, 3.63) is 52.1 Å². The summed E-state index contributed by atoms with van der Waals surface area (Å²) < 4.78 is 1.06. The van der Waals surface area contributed by atoms with Crippen LogP contribution >= 0.6 is 15.9 Å². The van der Waals surface area contributed by atoms with Crippen LogP contribution in [-0.2, 0) is 6.54 Å². The van der Waals surface area contributed by atoms with E-state index in [2.05, 4.69) is 44.9 Å². The second kappa shape index (κ2) is 5.44. The van der Waals surface area contributed by atoms with E-state index in [9.17, 15) is 0 Å². The van der Waals surface area contributed by atoms with Gasteiger partial charge in [-0.3, -0.25) is 0 Å². The topological polar surface area (TPSA) is 42.2 Å². The van der Waals surface area contributed by atoms with Gasteiger partial charge < -0.3 is 10.6 Å². The fourth-order valence-electron chi connectivity index (χ4n) is 2.39. The highest BCUT2D eigenvalue weighted by Gasteiger charge is 2.31. The van der Waals surface area contributed by atoms with Crippen LogP contribution in [0.5, 0.6) is 0 Å². The maximum Gasteiger partial charge on any atom is 0.143 e. The largest absolute Gasteiger partial charge is 0.399 e. The molecule has 3 nitrogen and oxygen atoms in total. The Hall–Kier alpha value is -1.55. The molecule has 3 rings (SSSR count). The first-order valence-corrected chi connectivity index (χ1v) is 7.66. The van der Waals surface area contributed by atoms with E-state index in [1.54, 1.807) is 0 Å². The van der Waals surface area contributed by atoms with Crippen LogP contribution in [-0.4, -0.2) is 11.0 Å². The molecule has 0 aliphatic heterocycles. The molecule has 4 heteroatoms. The van der Waals surface area contributed by atoms with E-state index < -0.39 is 0 Å². The fraction of sp³-hybridized carbons (Fsp3) is 0.312. The fourth-order valence-corrected chi connectivity index (χ4v) is 3.08. The molecule has 0 radical (unpaired) electrons. The summed E-state index contributed by atoms with van der Waals surface area (Å²) in [4.78, 5) is 6.98. The first-order chi connectivity index (χ1) is 9.63. The summed E-state index contributed by atoms with van der Waals surface area (Å²) in [6.45, 7) is 2.91. The van der Waals surface area contributed by atoms with Crippen molar-refractivity contribution >= 4 is 27.4 Å². The summed E-state index contributed by atoms with van der Waals surface area (Å²) in [5, 5.41) is 0. The van der Waals surface area contributed by atoms with Crippen LogP contribution in [0, 0.1) is 6.92 Å². The number of halogens is 1. The highest BCUT2D eigenvalue weighted by atomic mass is 79.9. The monoisotopic (exact) mass is 331 g/mol. The Bertz CT molecular complexity index is 623. The minimum atomic E-state index is 0.600. The van der Waals surface area contributed by atoms with Crippen molar-refractivity contribution in [2.24, 2.45) is 0 Å². The van der Waals surface area contributed by atoms with Crippen molar-refractivity contribution in [2.75, 3.05) is 10.6 Å². The van der Waals surface area contributed by atoms with Gasteiger partial charge in [-0.15, -0.1) is 0 Å². The Kier molecular flexibility index (Phi) is 3.66. The van der Waals surface area contributed by atoms with Gasteiger partial charge in [-0.05, 0) is 65.0 Å². The molecular formula is C16H18BrN3. The SMILES string of the molecule is Cc1cnc(N(Cc2cccc(N)c2)C2CC2)c(Br)c1. The first kappa shape index (κ1) is 13.4. The van der Waals surface area contributed by atoms with Crippen molar-refractivity contribution in [1.29, 1.82) is 0 Å². The number of nitrogen functional groups attached to an aromatic ring is 1. The number of aromatic nitrogens is 1. The molecule has 0 bridgehead atoms. The van der Waals surface area contributed by atoms with Gasteiger partial charge in [0.1, 0.15) is 5.82 Å². The van der Waals surface area contributed by atoms with E-state index in [0.717, 1.165) is 22.5 Å². The molecular weight excluding hydrogens is 314 g/mol. The highest BCUT2D eigenvalue weighted by molar-refractivity contribution is 9.10. The van der Waals surface area contributed by atoms with E-state index in [0.29, 0.717) is 6.04 Å². The lowest BCUT2D eigenvalue weighted by molar-refractivity contribution is 0.775. The lowest BCUT2D eigenvalue weighted by Gasteiger charge is -2.25. The predicted molar refractivity (Wildman–Crippen MR) is 86.7 cm³/mol. The van der Waals surface area contributed by atoms with E-state index >= 15 is 0 Å². The highest BCUT2D eigenvalue weighted by Crippen LogP contribution is 2.36. The third-order valence-corrected chi connectivity index (χ3v) is 4.11. The number of anilines is 2. The molecule has 0 amide bonds. The van der Waals surface area contributed by atoms with Gasteiger partial charge in [0.15, 0.2) is 0 Å². The number of benzene rings is 1. The van der Waals surface area contributed by atoms with E-state index in [1.165, 1.54) is 24.0 Å². The van der Waals surface area contributed by atoms with Gasteiger partial charge in [-0.1, -0.05) is 12.1 Å². The standard InChI is InChI=1S/C16H18BrN3/c1-11-7-15(17)16(19-9-11)20(14-5-6-14)10-12-3-2-4-13(18)8-12/h2-4,7-9,14H,5-6,10,18H2,1H3. The third-order valence-electron chi connectivity index (χ3n) is 3.52. The molecule has 1 aromatic carbocycles. The van der Waals surface area contributed by atoms with Crippen molar-refractivity contribution in [2.45, 2.75) is 32.4 Å². The van der Waals surface area contributed by atoms with E-state index in [1.807, 2.05) is 24.4 Å². The van der Waals surface area contributed by atoms with Crippen LogP contribution in [0.3, 0.4) is 0 Å². The second-order valence-electron chi connectivity index (χ2n) is 5.42. The number of aryl methyl sites for hydroxylation is 1. The Balaban J connectivity index is 1.89. The van der Waals surface area contributed by atoms with Gasteiger partial charge in [0.25, 0.3) is 0 Å². The average molecular weight is 332 g/mol. The Morgan fingerprint density at radius 1 is 1.35 bits per heavy atom. The maximum absolute atomic E-state index is 5.87. The van der Waals surface area contributed by atoms with Crippen molar-refractivity contribution in [3.8, 4) is 0 Å². The number of nitrogens with zero attached hydrogens (tertiary/aromatic N) is 2. The Morgan fingerprint density at radius 3 is 2.80 bits per heavy atom. The Morgan fingerprint density at radius 2 is 2.15 bits per heavy atom. The summed E-state index contributed by atoms with van der Waals surface area (Å²) in [5.41, 5.74) is 9.08. The molecule has 20 heavy (non-hydrogen) atoms. The van der Waals surface area contributed by atoms with E-state index in [-0.39, 0.29) is 0 Å². The minimum absolute atomic E-state index is 0.600. The van der Waals surface area contributed by atoms with Gasteiger partial charge in [0.05, 0.1) is 4.47 Å². The number of hydrogen-bond donors (Lipinski definition) is 1. The summed E-state index contributed by atoms with van der Waals surface area (Å²) in [6.07, 6.45) is 4.41. The third kappa shape index (κ3) is 2.96. The molecule has 1 fully saturated rings. The molecule has 0 unspecified atom stereocenters. The lowest BCUT2D eigenvalue weighted by Crippen LogP contribution is -2.26. The normalized spacial score (nSPS) is 14.3. The molecule has 0 saturated heterocycles. The molecule has 2 aromatic rings. The second-order valence-corrected chi connectivity index (χ2v) is 6.28. The van der Waals surface area contributed by atoms with Crippen molar-refractivity contribution in [3.63, 3.8) is 0 Å². The molecule has 0 atom stereocenters. The molecule has 1 heterocycles. The van der Waals surface area contributed by atoms with Crippen molar-refractivity contribution in [1.82, 2.24) is 4.98 Å². The molecule has 1 saturated carbocycles. The molecule has 1 aromatic heterocycles. The zero-order valence-corrected chi connectivity index (χ0v) is 13.1. The zero-order valence-electron chi connectivity index (χ0n) is 11.5. The molecule has 1 aliphatic rings. The van der Waals surface area contributed by atoms with E-state index in [4.69, 9.17) is 5.73 Å². The number of nitrogens with two attached hydrogens (primary N) is 1. The van der Waals surface area contributed by atoms with Crippen LogP contribution in [0.2, 0.25) is 0 Å². The predicted octanol–water partition coefficient (Wildman–Crippen LogP) is 3.90. The lowest BCUT2D eigenvalue weighted by atomic mass is 10.2. The van der Waals surface area contributed by atoms with Crippen LogP contribution in [0.15, 0.2) is 41.0 Å². The van der Waals surface area contributed by atoms with Gasteiger partial charge in [-0.25, -0.2) is 4.98 Å². The smallest absolute Gasteiger partial charge is 0.143 e. The molecule has 2 N–H and O–H groups in total. The maximum atomic E-state index is 5.87. The average Bonchev–Trinajstić information content (AvgIpc) is 3.21. The number of rotatable bonds is 4. The summed E-state index contributed by atoms with van der Waals surface area (Å²) in [7, 11) is 0. The van der Waals surface area contributed by atoms with Crippen LogP contribution < -0.4 is 10.6 Å². The molecule has 1 aliphatic carbocycles. The van der Waals surface area contributed by atoms with Gasteiger partial charge in [0, 0.05) is 24.5 Å². The molecule has 0 spiro atoms. The summed E-state index contributed by atoms with van der Waals surface area (Å²) >= 11 is 3.64. The van der Waals surface area contributed by atoms with Crippen molar-refractivity contribution < 1.29 is 0 Å². The number of pyridine rings is 1. The van der Waals surface area contributed by atoms with Gasteiger partial charge >= 0.3 is 0 Å². The minimum Gasteiger partial charge on any atom is -0.399 e. The van der Waals surface area contributed by atoms with Crippen LogP contribution in [0.4, 0.5) is 11.5 Å². The van der Waals surface area contributed by atoms with Gasteiger partial charge in [-0.2, -0.15) is 0 Å². The van der Waals surface area contributed by atoms with Crippen LogP contribution in [0.1, 0.15) is 24.0 Å².